The van der Waals surface area contributed by atoms with Crippen LogP contribution in [-0.4, -0.2) is 31.2 Å². The maximum Gasteiger partial charge on any atom is 0.315 e. The molecule has 0 spiro atoms. The summed E-state index contributed by atoms with van der Waals surface area (Å²) in [5, 5.41) is 1.07. The van der Waals surface area contributed by atoms with Gasteiger partial charge in [-0.1, -0.05) is 6.92 Å². The first-order valence-electron chi connectivity index (χ1n) is 7.97. The number of ether oxygens (including phenoxy) is 1. The van der Waals surface area contributed by atoms with Crippen molar-refractivity contribution >= 4 is 22.4 Å². The first kappa shape index (κ1) is 14.8. The quantitative estimate of drug-likeness (QED) is 0.783. The molecule has 116 valence electrons. The molecule has 1 saturated carbocycles. The number of aryl methyl sites for hydroxylation is 1. The third kappa shape index (κ3) is 3.07. The average Bonchev–Trinajstić information content (AvgIpc) is 2.99. The predicted molar refractivity (Wildman–Crippen MR) is 85.0 cm³/mol. The van der Waals surface area contributed by atoms with Crippen molar-refractivity contribution in [2.45, 2.75) is 45.4 Å². The van der Waals surface area contributed by atoms with Gasteiger partial charge in [-0.2, -0.15) is 0 Å². The van der Waals surface area contributed by atoms with Gasteiger partial charge in [0.05, 0.1) is 12.3 Å². The molecule has 0 bridgehead atoms. The van der Waals surface area contributed by atoms with E-state index < -0.39 is 0 Å². The van der Waals surface area contributed by atoms with Gasteiger partial charge >= 0.3 is 5.97 Å². The van der Waals surface area contributed by atoms with E-state index in [1.165, 1.54) is 11.3 Å². The molecule has 1 fully saturated rings. The first-order chi connectivity index (χ1) is 10.1. The predicted octanol–water partition coefficient (Wildman–Crippen LogP) is 3.22. The number of thiazole rings is 1. The van der Waals surface area contributed by atoms with E-state index in [1.807, 2.05) is 6.92 Å². The van der Waals surface area contributed by atoms with Gasteiger partial charge in [-0.05, 0) is 44.4 Å². The van der Waals surface area contributed by atoms with E-state index in [0.717, 1.165) is 48.5 Å². The van der Waals surface area contributed by atoms with Crippen LogP contribution in [-0.2, 0) is 16.0 Å². The largest absolute Gasteiger partial charge is 0.465 e. The number of esters is 1. The van der Waals surface area contributed by atoms with Crippen LogP contribution >= 0.6 is 11.3 Å². The minimum absolute atomic E-state index is 0.103. The van der Waals surface area contributed by atoms with Crippen LogP contribution in [0.4, 0.5) is 5.13 Å². The Labute approximate surface area is 130 Å². The zero-order valence-corrected chi connectivity index (χ0v) is 13.9. The molecule has 0 aromatic carbocycles. The number of hydrogen-bond acceptors (Lipinski definition) is 5. The molecular weight excluding hydrogens is 284 g/mol. The fourth-order valence-electron chi connectivity index (χ4n) is 3.12. The number of carbonyl (C=O) groups excluding carboxylic acids is 1. The normalized spacial score (nSPS) is 27.1. The number of carbonyl (C=O) groups is 1. The van der Waals surface area contributed by atoms with Gasteiger partial charge in [0.2, 0.25) is 0 Å². The molecule has 0 saturated heterocycles. The Morgan fingerprint density at radius 3 is 2.95 bits per heavy atom. The molecule has 3 atom stereocenters. The van der Waals surface area contributed by atoms with E-state index in [4.69, 9.17) is 9.72 Å². The van der Waals surface area contributed by atoms with Crippen LogP contribution in [0.2, 0.25) is 0 Å². The highest BCUT2D eigenvalue weighted by Crippen LogP contribution is 2.41. The second-order valence-electron chi connectivity index (χ2n) is 6.36. The van der Waals surface area contributed by atoms with E-state index in [1.54, 1.807) is 11.3 Å². The van der Waals surface area contributed by atoms with Gasteiger partial charge in [-0.25, -0.2) is 4.98 Å². The summed E-state index contributed by atoms with van der Waals surface area (Å²) in [5.41, 5.74) is 0.982. The number of nitrogens with zero attached hydrogens (tertiary/aromatic N) is 2. The Balaban J connectivity index is 1.75. The smallest absolute Gasteiger partial charge is 0.315 e. The Bertz CT molecular complexity index is 528. The summed E-state index contributed by atoms with van der Waals surface area (Å²) in [5.74, 6) is 1.42. The molecule has 3 rings (SSSR count). The van der Waals surface area contributed by atoms with Crippen molar-refractivity contribution < 1.29 is 9.53 Å². The van der Waals surface area contributed by atoms with Crippen LogP contribution in [0.25, 0.3) is 0 Å². The molecule has 1 heterocycles. The number of anilines is 1. The Hall–Kier alpha value is -1.10. The standard InChI is InChI=1S/C16H24N2O2S/c1-4-20-15(19)12-6-5-7-13-14(12)17-16(21-13)18(3)9-11-8-10(11)2/h10-12H,4-9H2,1-3H3. The molecule has 0 aliphatic heterocycles. The van der Waals surface area contributed by atoms with Crippen molar-refractivity contribution in [3.63, 3.8) is 0 Å². The zero-order valence-electron chi connectivity index (χ0n) is 13.1. The van der Waals surface area contributed by atoms with E-state index in [0.29, 0.717) is 6.61 Å². The minimum atomic E-state index is -0.146. The van der Waals surface area contributed by atoms with Gasteiger partial charge < -0.3 is 9.64 Å². The van der Waals surface area contributed by atoms with E-state index in [2.05, 4.69) is 18.9 Å². The van der Waals surface area contributed by atoms with E-state index in [-0.39, 0.29) is 11.9 Å². The fraction of sp³-hybridized carbons (Fsp3) is 0.750. The molecule has 0 N–H and O–H groups in total. The highest BCUT2D eigenvalue weighted by molar-refractivity contribution is 7.15. The molecule has 4 nitrogen and oxygen atoms in total. The van der Waals surface area contributed by atoms with Crippen LogP contribution in [0.3, 0.4) is 0 Å². The number of hydrogen-bond donors (Lipinski definition) is 0. The van der Waals surface area contributed by atoms with Crippen LogP contribution in [0.15, 0.2) is 0 Å². The molecule has 3 unspecified atom stereocenters. The van der Waals surface area contributed by atoms with E-state index in [9.17, 15) is 4.79 Å². The minimum Gasteiger partial charge on any atom is -0.465 e. The lowest BCUT2D eigenvalue weighted by atomic mass is 9.91. The van der Waals surface area contributed by atoms with Gasteiger partial charge in [0, 0.05) is 18.5 Å². The summed E-state index contributed by atoms with van der Waals surface area (Å²) in [6.07, 6.45) is 4.32. The lowest BCUT2D eigenvalue weighted by Gasteiger charge is -2.19. The summed E-state index contributed by atoms with van der Waals surface area (Å²) in [4.78, 5) is 20.4. The van der Waals surface area contributed by atoms with Crippen LogP contribution in [0.5, 0.6) is 0 Å². The summed E-state index contributed by atoms with van der Waals surface area (Å²) >= 11 is 1.76. The van der Waals surface area contributed by atoms with Gasteiger partial charge in [-0.3, -0.25) is 4.79 Å². The maximum absolute atomic E-state index is 12.1. The lowest BCUT2D eigenvalue weighted by molar-refractivity contribution is -0.145. The SMILES string of the molecule is CCOC(=O)C1CCCc2sc(N(C)CC3CC3C)nc21. The van der Waals surface area contributed by atoms with Crippen molar-refractivity contribution in [2.24, 2.45) is 11.8 Å². The molecular formula is C16H24N2O2S. The second-order valence-corrected chi connectivity index (χ2v) is 7.42. The van der Waals surface area contributed by atoms with Gasteiger partial charge in [0.15, 0.2) is 5.13 Å². The Kier molecular flexibility index (Phi) is 4.20. The van der Waals surface area contributed by atoms with Crippen molar-refractivity contribution in [2.75, 3.05) is 25.1 Å². The molecule has 2 aliphatic carbocycles. The maximum atomic E-state index is 12.1. The van der Waals surface area contributed by atoms with Crippen molar-refractivity contribution in [3.8, 4) is 0 Å². The third-order valence-electron chi connectivity index (χ3n) is 4.63. The van der Waals surface area contributed by atoms with Gasteiger partial charge in [0.25, 0.3) is 0 Å². The number of fused-ring (bicyclic) bond motifs is 1. The molecule has 1 aromatic rings. The van der Waals surface area contributed by atoms with Crippen molar-refractivity contribution in [3.05, 3.63) is 10.6 Å². The molecule has 1 aromatic heterocycles. The lowest BCUT2D eigenvalue weighted by Crippen LogP contribution is -2.22. The third-order valence-corrected chi connectivity index (χ3v) is 5.87. The van der Waals surface area contributed by atoms with Gasteiger partial charge in [-0.15, -0.1) is 11.3 Å². The first-order valence-corrected chi connectivity index (χ1v) is 8.79. The zero-order chi connectivity index (χ0) is 15.0. The second kappa shape index (κ2) is 5.95. The average molecular weight is 308 g/mol. The highest BCUT2D eigenvalue weighted by Gasteiger charge is 2.35. The molecule has 0 radical (unpaired) electrons. The summed E-state index contributed by atoms with van der Waals surface area (Å²) in [7, 11) is 2.12. The van der Waals surface area contributed by atoms with Crippen LogP contribution in [0, 0.1) is 11.8 Å². The fourth-order valence-corrected chi connectivity index (χ4v) is 4.26. The molecule has 5 heteroatoms. The van der Waals surface area contributed by atoms with Crippen molar-refractivity contribution in [1.29, 1.82) is 0 Å². The highest BCUT2D eigenvalue weighted by atomic mass is 32.1. The van der Waals surface area contributed by atoms with Crippen LogP contribution < -0.4 is 4.90 Å². The Morgan fingerprint density at radius 2 is 2.29 bits per heavy atom. The molecule has 21 heavy (non-hydrogen) atoms. The topological polar surface area (TPSA) is 42.4 Å². The summed E-state index contributed by atoms with van der Waals surface area (Å²) in [6, 6.07) is 0. The summed E-state index contributed by atoms with van der Waals surface area (Å²) in [6.45, 7) is 5.69. The molecule has 0 amide bonds. The van der Waals surface area contributed by atoms with E-state index >= 15 is 0 Å². The van der Waals surface area contributed by atoms with Gasteiger partial charge in [0.1, 0.15) is 5.92 Å². The number of rotatable bonds is 5. The van der Waals surface area contributed by atoms with Crippen molar-refractivity contribution in [1.82, 2.24) is 4.98 Å². The summed E-state index contributed by atoms with van der Waals surface area (Å²) < 4.78 is 5.21. The molecule has 2 aliphatic rings. The monoisotopic (exact) mass is 308 g/mol. The van der Waals surface area contributed by atoms with Crippen LogP contribution in [0.1, 0.15) is 49.6 Å². The Morgan fingerprint density at radius 1 is 1.52 bits per heavy atom. The number of aromatic nitrogens is 1.